The van der Waals surface area contributed by atoms with E-state index in [-0.39, 0.29) is 19.0 Å². The van der Waals surface area contributed by atoms with Crippen molar-refractivity contribution in [2.75, 3.05) is 25.4 Å². The van der Waals surface area contributed by atoms with Crippen LogP contribution in [0.4, 0.5) is 0 Å². The fourth-order valence-corrected chi connectivity index (χ4v) is 3.17. The quantitative estimate of drug-likeness (QED) is 0.283. The van der Waals surface area contributed by atoms with Gasteiger partial charge in [-0.05, 0) is 12.1 Å². The summed E-state index contributed by atoms with van der Waals surface area (Å²) >= 11 is 2.23. The first-order chi connectivity index (χ1) is 11.2. The Morgan fingerprint density at radius 3 is 2.61 bits per heavy atom. The van der Waals surface area contributed by atoms with Crippen molar-refractivity contribution in [3.63, 3.8) is 0 Å². The fraction of sp³-hybridized carbons (Fsp3) is 0.562. The van der Waals surface area contributed by atoms with Gasteiger partial charge in [-0.3, -0.25) is 0 Å². The van der Waals surface area contributed by atoms with Crippen LogP contribution < -0.4 is 0 Å². The molecule has 0 aromatic heterocycles. The number of ether oxygens (including phenoxy) is 5. The van der Waals surface area contributed by atoms with Gasteiger partial charge < -0.3 is 23.7 Å². The Kier molecular flexibility index (Phi) is 7.71. The number of alkyl halides is 1. The van der Waals surface area contributed by atoms with Crippen LogP contribution in [0.5, 0.6) is 0 Å². The van der Waals surface area contributed by atoms with E-state index in [2.05, 4.69) is 22.6 Å². The topological polar surface area (TPSA) is 63.2 Å². The Balaban J connectivity index is 2.04. The summed E-state index contributed by atoms with van der Waals surface area (Å²) in [5.41, 5.74) is 0.493. The molecule has 0 aliphatic carbocycles. The fourth-order valence-electron chi connectivity index (χ4n) is 2.40. The van der Waals surface area contributed by atoms with Crippen LogP contribution in [0, 0.1) is 0 Å². The molecule has 23 heavy (non-hydrogen) atoms. The highest BCUT2D eigenvalue weighted by atomic mass is 127. The predicted octanol–water partition coefficient (Wildman–Crippen LogP) is 2.40. The Morgan fingerprint density at radius 2 is 2.00 bits per heavy atom. The number of esters is 1. The molecule has 1 aromatic carbocycles. The molecule has 1 aromatic rings. The first kappa shape index (κ1) is 18.6. The van der Waals surface area contributed by atoms with Crippen LogP contribution in [0.15, 0.2) is 30.3 Å². The third-order valence-corrected chi connectivity index (χ3v) is 4.41. The molecule has 1 aliphatic rings. The van der Waals surface area contributed by atoms with Crippen molar-refractivity contribution in [1.29, 1.82) is 0 Å². The molecule has 0 unspecified atom stereocenters. The van der Waals surface area contributed by atoms with Gasteiger partial charge >= 0.3 is 5.97 Å². The molecule has 0 radical (unpaired) electrons. The molecule has 1 saturated heterocycles. The SMILES string of the molecule is COCO[C@H]1C[C@H](OC(=O)c2ccccc2)[C@@H](OC)O[C@@H]1CI. The zero-order valence-electron chi connectivity index (χ0n) is 13.1. The summed E-state index contributed by atoms with van der Waals surface area (Å²) in [6.07, 6.45) is -0.999. The minimum atomic E-state index is -0.607. The molecule has 7 heteroatoms. The lowest BCUT2D eigenvalue weighted by molar-refractivity contribution is -0.264. The lowest BCUT2D eigenvalue weighted by Crippen LogP contribution is -2.51. The van der Waals surface area contributed by atoms with E-state index >= 15 is 0 Å². The van der Waals surface area contributed by atoms with E-state index in [1.165, 1.54) is 7.11 Å². The molecule has 1 aliphatic heterocycles. The number of rotatable bonds is 7. The van der Waals surface area contributed by atoms with E-state index in [0.29, 0.717) is 12.0 Å². The molecule has 0 saturated carbocycles. The van der Waals surface area contributed by atoms with Crippen LogP contribution in [0.1, 0.15) is 16.8 Å². The smallest absolute Gasteiger partial charge is 0.338 e. The number of methoxy groups -OCH3 is 2. The largest absolute Gasteiger partial charge is 0.453 e. The average molecular weight is 436 g/mol. The number of carbonyl (C=O) groups is 1. The van der Waals surface area contributed by atoms with Crippen molar-refractivity contribution >= 4 is 28.6 Å². The second-order valence-corrected chi connectivity index (χ2v) is 5.97. The minimum Gasteiger partial charge on any atom is -0.453 e. The molecule has 0 N–H and O–H groups in total. The second kappa shape index (κ2) is 9.53. The van der Waals surface area contributed by atoms with Gasteiger partial charge in [-0.2, -0.15) is 0 Å². The van der Waals surface area contributed by atoms with Crippen molar-refractivity contribution in [2.45, 2.75) is 31.0 Å². The molecule has 6 nitrogen and oxygen atoms in total. The number of halogens is 1. The first-order valence-electron chi connectivity index (χ1n) is 7.30. The molecule has 2 rings (SSSR count). The van der Waals surface area contributed by atoms with Gasteiger partial charge in [0, 0.05) is 25.1 Å². The average Bonchev–Trinajstić information content (AvgIpc) is 2.60. The monoisotopic (exact) mass is 436 g/mol. The van der Waals surface area contributed by atoms with E-state index in [1.807, 2.05) is 6.07 Å². The molecule has 1 heterocycles. The number of hydrogen-bond acceptors (Lipinski definition) is 6. The molecule has 0 bridgehead atoms. The van der Waals surface area contributed by atoms with E-state index in [0.717, 1.165) is 4.43 Å². The van der Waals surface area contributed by atoms with Crippen molar-refractivity contribution < 1.29 is 28.5 Å². The summed E-state index contributed by atoms with van der Waals surface area (Å²) in [5.74, 6) is -0.403. The summed E-state index contributed by atoms with van der Waals surface area (Å²) < 4.78 is 28.1. The number of benzene rings is 1. The molecule has 1 fully saturated rings. The van der Waals surface area contributed by atoms with Crippen molar-refractivity contribution in [1.82, 2.24) is 0 Å². The summed E-state index contributed by atoms with van der Waals surface area (Å²) in [5, 5.41) is 0. The Morgan fingerprint density at radius 1 is 1.26 bits per heavy atom. The standard InChI is InChI=1S/C16H21IO6/c1-19-10-21-12-8-13(16(20-2)23-14(12)9-17)22-15(18)11-6-4-3-5-7-11/h3-7,12-14,16H,8-10H2,1-2H3/t12-,13-,14+,16-/m0/s1. The molecule has 128 valence electrons. The maximum atomic E-state index is 12.2. The zero-order valence-corrected chi connectivity index (χ0v) is 15.3. The molecule has 0 spiro atoms. The maximum Gasteiger partial charge on any atom is 0.338 e. The second-order valence-electron chi connectivity index (χ2n) is 5.09. The lowest BCUT2D eigenvalue weighted by atomic mass is 10.0. The summed E-state index contributed by atoms with van der Waals surface area (Å²) in [6, 6.07) is 8.84. The predicted molar refractivity (Wildman–Crippen MR) is 91.6 cm³/mol. The van der Waals surface area contributed by atoms with Crippen molar-refractivity contribution in [2.24, 2.45) is 0 Å². The minimum absolute atomic E-state index is 0.137. The highest BCUT2D eigenvalue weighted by Gasteiger charge is 2.40. The van der Waals surface area contributed by atoms with Gasteiger partial charge in [-0.25, -0.2) is 4.79 Å². The zero-order chi connectivity index (χ0) is 16.7. The molecular formula is C16H21IO6. The van der Waals surface area contributed by atoms with Crippen molar-refractivity contribution in [3.8, 4) is 0 Å². The highest BCUT2D eigenvalue weighted by molar-refractivity contribution is 14.1. The Labute approximate surface area is 149 Å². The van der Waals surface area contributed by atoms with Gasteiger partial charge in [0.25, 0.3) is 0 Å². The van der Waals surface area contributed by atoms with Gasteiger partial charge in [-0.15, -0.1) is 0 Å². The van der Waals surface area contributed by atoms with E-state index in [9.17, 15) is 4.79 Å². The lowest BCUT2D eigenvalue weighted by Gasteiger charge is -2.39. The Hall–Kier alpha value is -0.740. The number of carbonyl (C=O) groups excluding carboxylic acids is 1. The van der Waals surface area contributed by atoms with Crippen LogP contribution in [0.2, 0.25) is 0 Å². The highest BCUT2D eigenvalue weighted by Crippen LogP contribution is 2.27. The Bertz CT molecular complexity index is 483. The normalized spacial score (nSPS) is 27.6. The number of hydrogen-bond donors (Lipinski definition) is 0. The third-order valence-electron chi connectivity index (χ3n) is 3.54. The molecular weight excluding hydrogens is 415 g/mol. The third kappa shape index (κ3) is 5.12. The first-order valence-corrected chi connectivity index (χ1v) is 8.83. The van der Waals surface area contributed by atoms with Crippen LogP contribution in [0.3, 0.4) is 0 Å². The van der Waals surface area contributed by atoms with Crippen LogP contribution in [0.25, 0.3) is 0 Å². The van der Waals surface area contributed by atoms with Gasteiger partial charge in [0.2, 0.25) is 0 Å². The summed E-state index contributed by atoms with van der Waals surface area (Å²) in [4.78, 5) is 12.2. The summed E-state index contributed by atoms with van der Waals surface area (Å²) in [6.45, 7) is 0.165. The van der Waals surface area contributed by atoms with Gasteiger partial charge in [0.1, 0.15) is 6.79 Å². The van der Waals surface area contributed by atoms with Crippen LogP contribution in [-0.4, -0.2) is 56.0 Å². The molecule has 4 atom stereocenters. The van der Waals surface area contributed by atoms with Crippen molar-refractivity contribution in [3.05, 3.63) is 35.9 Å². The van der Waals surface area contributed by atoms with E-state index < -0.39 is 18.4 Å². The van der Waals surface area contributed by atoms with E-state index in [4.69, 9.17) is 23.7 Å². The van der Waals surface area contributed by atoms with Crippen LogP contribution >= 0.6 is 22.6 Å². The maximum absolute atomic E-state index is 12.2. The van der Waals surface area contributed by atoms with Gasteiger partial charge in [0.15, 0.2) is 12.4 Å². The van der Waals surface area contributed by atoms with Gasteiger partial charge in [0.05, 0.1) is 17.8 Å². The molecule has 0 amide bonds. The summed E-state index contributed by atoms with van der Waals surface area (Å²) in [7, 11) is 3.10. The van der Waals surface area contributed by atoms with Gasteiger partial charge in [-0.1, -0.05) is 40.8 Å². The van der Waals surface area contributed by atoms with E-state index in [1.54, 1.807) is 31.4 Å². The van der Waals surface area contributed by atoms with Crippen LogP contribution in [-0.2, 0) is 23.7 Å².